The molecule has 33 heavy (non-hydrogen) atoms. The zero-order chi connectivity index (χ0) is 21.9. The van der Waals surface area contributed by atoms with E-state index >= 15 is 0 Å². The molecule has 2 fully saturated rings. The molecule has 2 N–H and O–H groups in total. The maximum absolute atomic E-state index is 13.1. The summed E-state index contributed by atoms with van der Waals surface area (Å²) in [5.74, 6) is 3.87. The smallest absolute Gasteiger partial charge is 0.255 e. The van der Waals surface area contributed by atoms with Crippen molar-refractivity contribution in [2.75, 3.05) is 17.4 Å². The lowest BCUT2D eigenvalue weighted by atomic mass is 9.68. The summed E-state index contributed by atoms with van der Waals surface area (Å²) >= 11 is 0. The zero-order valence-corrected chi connectivity index (χ0v) is 18.3. The van der Waals surface area contributed by atoms with Gasteiger partial charge < -0.3 is 20.1 Å². The van der Waals surface area contributed by atoms with Crippen LogP contribution >= 0.6 is 0 Å². The molecule has 0 unspecified atom stereocenters. The highest BCUT2D eigenvalue weighted by atomic mass is 16.7. The number of carbonyl (C=O) groups is 1. The number of anilines is 2. The SMILES string of the molecule is O=C(Nc1ccc2c(c1)OCO2)c1ccc2c(c1)[C@@H]1[C@H]3CC[C@@H](C3)[C@@H]1[C@H](c1ccccc1)N2. The normalized spacial score (nSPS) is 28.1. The highest BCUT2D eigenvalue weighted by molar-refractivity contribution is 6.05. The lowest BCUT2D eigenvalue weighted by molar-refractivity contribution is 0.102. The first-order valence-electron chi connectivity index (χ1n) is 11.9. The van der Waals surface area contributed by atoms with Gasteiger partial charge in [0.15, 0.2) is 11.5 Å². The van der Waals surface area contributed by atoms with Gasteiger partial charge in [-0.2, -0.15) is 0 Å². The molecule has 5 atom stereocenters. The third kappa shape index (κ3) is 3.02. The van der Waals surface area contributed by atoms with Crippen LogP contribution in [-0.4, -0.2) is 12.7 Å². The number of amides is 1. The highest BCUT2D eigenvalue weighted by Gasteiger charge is 2.53. The Balaban J connectivity index is 1.21. The number of hydrogen-bond acceptors (Lipinski definition) is 4. The van der Waals surface area contributed by atoms with E-state index in [-0.39, 0.29) is 12.7 Å². The van der Waals surface area contributed by atoms with Crippen LogP contribution in [0.5, 0.6) is 11.5 Å². The van der Waals surface area contributed by atoms with Crippen molar-refractivity contribution in [2.45, 2.75) is 31.2 Å². The Morgan fingerprint density at radius 1 is 0.909 bits per heavy atom. The standard InChI is InChI=1S/C28H26N2O3/c31-28(29-20-9-11-23-24(14-20)33-15-32-23)19-8-10-22-21(13-19)25-17-6-7-18(12-17)26(25)27(30-22)16-4-2-1-3-5-16/h1-5,8-11,13-14,17-18,25-27,30H,6-7,12,15H2,(H,29,31)/t17-,18-,25-,26-,27-/m0/s1. The molecule has 0 saturated heterocycles. The van der Waals surface area contributed by atoms with Gasteiger partial charge in [-0.25, -0.2) is 0 Å². The van der Waals surface area contributed by atoms with Crippen molar-refractivity contribution in [3.05, 3.63) is 83.4 Å². The zero-order valence-electron chi connectivity index (χ0n) is 18.3. The van der Waals surface area contributed by atoms with E-state index < -0.39 is 0 Å². The molecule has 3 aromatic rings. The van der Waals surface area contributed by atoms with Gasteiger partial charge in [0.1, 0.15) is 0 Å². The van der Waals surface area contributed by atoms with Crippen molar-refractivity contribution < 1.29 is 14.3 Å². The minimum Gasteiger partial charge on any atom is -0.454 e. The highest BCUT2D eigenvalue weighted by Crippen LogP contribution is 2.63. The van der Waals surface area contributed by atoms with E-state index in [1.54, 1.807) is 0 Å². The monoisotopic (exact) mass is 438 g/mol. The third-order valence-electron chi connectivity index (χ3n) is 8.14. The number of benzene rings is 3. The fraction of sp³-hybridized carbons (Fsp3) is 0.321. The molecule has 2 aliphatic carbocycles. The second-order valence-corrected chi connectivity index (χ2v) is 9.79. The molecule has 0 aromatic heterocycles. The van der Waals surface area contributed by atoms with Crippen molar-refractivity contribution in [2.24, 2.45) is 17.8 Å². The summed E-state index contributed by atoms with van der Waals surface area (Å²) in [5.41, 5.74) is 5.28. The van der Waals surface area contributed by atoms with Gasteiger partial charge in [-0.1, -0.05) is 30.3 Å². The van der Waals surface area contributed by atoms with Gasteiger partial charge in [-0.15, -0.1) is 0 Å². The molecule has 2 saturated carbocycles. The van der Waals surface area contributed by atoms with Crippen molar-refractivity contribution in [1.29, 1.82) is 0 Å². The minimum absolute atomic E-state index is 0.0958. The predicted molar refractivity (Wildman–Crippen MR) is 127 cm³/mol. The van der Waals surface area contributed by atoms with E-state index in [9.17, 15) is 4.79 Å². The molecule has 2 aliphatic heterocycles. The van der Waals surface area contributed by atoms with E-state index in [2.05, 4.69) is 53.1 Å². The quantitative estimate of drug-likeness (QED) is 0.529. The van der Waals surface area contributed by atoms with Crippen molar-refractivity contribution in [1.82, 2.24) is 0 Å². The van der Waals surface area contributed by atoms with Crippen LogP contribution < -0.4 is 20.1 Å². The van der Waals surface area contributed by atoms with Gasteiger partial charge in [0.2, 0.25) is 6.79 Å². The van der Waals surface area contributed by atoms with Gasteiger partial charge in [0, 0.05) is 23.0 Å². The average Bonchev–Trinajstić information content (AvgIpc) is 3.60. The average molecular weight is 439 g/mol. The fourth-order valence-corrected chi connectivity index (χ4v) is 6.80. The third-order valence-corrected chi connectivity index (χ3v) is 8.14. The molecule has 5 heteroatoms. The molecular weight excluding hydrogens is 412 g/mol. The largest absolute Gasteiger partial charge is 0.454 e. The van der Waals surface area contributed by atoms with Gasteiger partial charge >= 0.3 is 0 Å². The Morgan fingerprint density at radius 3 is 2.67 bits per heavy atom. The van der Waals surface area contributed by atoms with Crippen molar-refractivity contribution in [3.8, 4) is 11.5 Å². The van der Waals surface area contributed by atoms with Gasteiger partial charge in [0.25, 0.3) is 5.91 Å². The maximum Gasteiger partial charge on any atom is 0.255 e. The van der Waals surface area contributed by atoms with Crippen LogP contribution in [0, 0.1) is 17.8 Å². The van der Waals surface area contributed by atoms with E-state index in [1.807, 2.05) is 24.3 Å². The van der Waals surface area contributed by atoms with Crippen LogP contribution in [0.3, 0.4) is 0 Å². The Labute approximate surface area is 193 Å². The van der Waals surface area contributed by atoms with E-state index in [1.165, 1.54) is 36.1 Å². The Morgan fingerprint density at radius 2 is 1.76 bits per heavy atom. The minimum atomic E-state index is -0.0958. The first-order chi connectivity index (χ1) is 16.2. The maximum atomic E-state index is 13.1. The summed E-state index contributed by atoms with van der Waals surface area (Å²) in [5, 5.41) is 6.88. The molecule has 0 spiro atoms. The Hall–Kier alpha value is -3.47. The summed E-state index contributed by atoms with van der Waals surface area (Å²) in [4.78, 5) is 13.1. The van der Waals surface area contributed by atoms with Crippen LogP contribution in [0.2, 0.25) is 0 Å². The van der Waals surface area contributed by atoms with Crippen LogP contribution in [0.1, 0.15) is 52.7 Å². The summed E-state index contributed by atoms with van der Waals surface area (Å²) in [6.07, 6.45) is 3.95. The second kappa shape index (κ2) is 7.27. The van der Waals surface area contributed by atoms with E-state index in [0.717, 1.165) is 11.8 Å². The van der Waals surface area contributed by atoms with E-state index in [0.29, 0.717) is 40.6 Å². The molecule has 2 bridgehead atoms. The first kappa shape index (κ1) is 19.0. The van der Waals surface area contributed by atoms with E-state index in [4.69, 9.17) is 9.47 Å². The molecule has 5 nitrogen and oxygen atoms in total. The van der Waals surface area contributed by atoms with Crippen LogP contribution in [0.15, 0.2) is 66.7 Å². The van der Waals surface area contributed by atoms with Crippen LogP contribution in [-0.2, 0) is 0 Å². The van der Waals surface area contributed by atoms with Crippen molar-refractivity contribution >= 4 is 17.3 Å². The molecule has 4 aliphatic rings. The molecule has 1 amide bonds. The number of nitrogens with one attached hydrogen (secondary N) is 2. The lowest BCUT2D eigenvalue weighted by Gasteiger charge is -2.43. The molecule has 0 radical (unpaired) electrons. The molecule has 3 aromatic carbocycles. The molecule has 2 heterocycles. The van der Waals surface area contributed by atoms with Gasteiger partial charge in [0.05, 0.1) is 6.04 Å². The van der Waals surface area contributed by atoms with Crippen molar-refractivity contribution in [3.63, 3.8) is 0 Å². The molecular formula is C28H26N2O3. The lowest BCUT2D eigenvalue weighted by Crippen LogP contribution is -2.35. The second-order valence-electron chi connectivity index (χ2n) is 9.79. The topological polar surface area (TPSA) is 59.6 Å². The Kier molecular flexibility index (Phi) is 4.20. The number of hydrogen-bond donors (Lipinski definition) is 2. The molecule has 7 rings (SSSR count). The van der Waals surface area contributed by atoms with Gasteiger partial charge in [-0.05, 0) is 84.4 Å². The summed E-state index contributed by atoms with van der Waals surface area (Å²) < 4.78 is 10.8. The summed E-state index contributed by atoms with van der Waals surface area (Å²) in [6, 6.07) is 22.9. The number of ether oxygens (including phenoxy) is 2. The fourth-order valence-electron chi connectivity index (χ4n) is 6.80. The number of carbonyl (C=O) groups excluding carboxylic acids is 1. The van der Waals surface area contributed by atoms with Gasteiger partial charge in [-0.3, -0.25) is 4.79 Å². The van der Waals surface area contributed by atoms with Crippen LogP contribution in [0.25, 0.3) is 0 Å². The number of rotatable bonds is 3. The summed E-state index contributed by atoms with van der Waals surface area (Å²) in [6.45, 7) is 0.221. The first-order valence-corrected chi connectivity index (χ1v) is 11.9. The number of fused-ring (bicyclic) bond motifs is 8. The van der Waals surface area contributed by atoms with Crippen LogP contribution in [0.4, 0.5) is 11.4 Å². The molecule has 166 valence electrons. The Bertz CT molecular complexity index is 1240. The summed E-state index contributed by atoms with van der Waals surface area (Å²) in [7, 11) is 0. The predicted octanol–water partition coefficient (Wildman–Crippen LogP) is 5.96.